The molecule has 59 heavy (non-hydrogen) atoms. The third-order valence-electron chi connectivity index (χ3n) is 13.5. The van der Waals surface area contributed by atoms with Gasteiger partial charge in [0.05, 0.1) is 17.1 Å². The van der Waals surface area contributed by atoms with Crippen molar-refractivity contribution in [2.24, 2.45) is 0 Å². The average Bonchev–Trinajstić information content (AvgIpc) is 3.30. The summed E-state index contributed by atoms with van der Waals surface area (Å²) in [5.74, 6) is 3.64. The van der Waals surface area contributed by atoms with Gasteiger partial charge in [-0.1, -0.05) is 152 Å². The Kier molecular flexibility index (Phi) is 5.99. The molecule has 0 N–H and O–H groups in total. The van der Waals surface area contributed by atoms with Crippen molar-refractivity contribution in [2.45, 2.75) is 6.92 Å². The number of rotatable bonds is 4. The van der Waals surface area contributed by atoms with Crippen LogP contribution < -0.4 is 35.1 Å². The van der Waals surface area contributed by atoms with Crippen LogP contribution in [0.5, 0.6) is 23.0 Å². The topological polar surface area (TPSA) is 21.7 Å². The largest absolute Gasteiger partial charge is 0.457 e. The van der Waals surface area contributed by atoms with Crippen LogP contribution in [-0.2, 0) is 0 Å². The van der Waals surface area contributed by atoms with Crippen molar-refractivity contribution in [1.82, 2.24) is 0 Å². The third-order valence-corrected chi connectivity index (χ3v) is 18.4. The molecule has 14 rings (SSSR count). The molecular formula is C55H33NO2Si. The number of nitrogens with zero attached hydrogens (tertiary/aromatic N) is 1. The molecule has 0 saturated heterocycles. The van der Waals surface area contributed by atoms with E-state index < -0.39 is 8.07 Å². The number of ether oxygens (including phenoxy) is 2. The van der Waals surface area contributed by atoms with E-state index in [2.05, 4.69) is 194 Å². The Morgan fingerprint density at radius 3 is 1.76 bits per heavy atom. The molecule has 0 saturated carbocycles. The molecule has 3 nitrogen and oxygen atoms in total. The maximum absolute atomic E-state index is 7.67. The van der Waals surface area contributed by atoms with E-state index in [0.717, 1.165) is 56.4 Å². The Balaban J connectivity index is 1.28. The van der Waals surface area contributed by atoms with Crippen molar-refractivity contribution in [2.75, 3.05) is 4.90 Å². The minimum Gasteiger partial charge on any atom is -0.457 e. The lowest BCUT2D eigenvalue weighted by Crippen LogP contribution is -2.79. The minimum absolute atomic E-state index is 0.873. The number of fused-ring (bicyclic) bond motifs is 2. The molecule has 4 heterocycles. The predicted octanol–water partition coefficient (Wildman–Crippen LogP) is 12.1. The Labute approximate surface area is 342 Å². The lowest BCUT2D eigenvalue weighted by Gasteiger charge is -2.52. The Hall–Kier alpha value is -7.40. The van der Waals surface area contributed by atoms with Gasteiger partial charge >= 0.3 is 0 Å². The molecule has 10 aromatic rings. The summed E-state index contributed by atoms with van der Waals surface area (Å²) < 4.78 is 15.2. The smallest absolute Gasteiger partial charge is 0.202 e. The van der Waals surface area contributed by atoms with Gasteiger partial charge in [0.1, 0.15) is 23.0 Å². The van der Waals surface area contributed by atoms with Crippen molar-refractivity contribution < 1.29 is 9.47 Å². The van der Waals surface area contributed by atoms with Gasteiger partial charge in [0.25, 0.3) is 0 Å². The number of hydrogen-bond acceptors (Lipinski definition) is 3. The van der Waals surface area contributed by atoms with Gasteiger partial charge < -0.3 is 14.4 Å². The molecule has 0 fully saturated rings. The zero-order chi connectivity index (χ0) is 38.6. The van der Waals surface area contributed by atoms with E-state index in [4.69, 9.17) is 9.47 Å². The molecule has 4 aliphatic rings. The highest BCUT2D eigenvalue weighted by Gasteiger charge is 2.61. The molecule has 0 aliphatic carbocycles. The SMILES string of the molecule is Cc1ccc2c3c1ccc1ccc4c(-c5ccccc5)c5c6c(c4c13)N2c1ccc(-c2ccccc2)c2c1[Si]6(c1ccccc1)c1c(cc(-c3ccccc3)cc1O5)O2. The number of anilines is 3. The summed E-state index contributed by atoms with van der Waals surface area (Å²) in [6, 6.07) is 66.9. The van der Waals surface area contributed by atoms with Crippen LogP contribution in [0.3, 0.4) is 0 Å². The maximum atomic E-state index is 7.67. The van der Waals surface area contributed by atoms with E-state index in [1.165, 1.54) is 75.7 Å². The van der Waals surface area contributed by atoms with Crippen LogP contribution in [-0.4, -0.2) is 8.07 Å². The van der Waals surface area contributed by atoms with Gasteiger partial charge in [-0.05, 0) is 86.4 Å². The lowest BCUT2D eigenvalue weighted by atomic mass is 9.85. The van der Waals surface area contributed by atoms with Crippen LogP contribution in [0.2, 0.25) is 0 Å². The first-order valence-electron chi connectivity index (χ1n) is 20.4. The van der Waals surface area contributed by atoms with E-state index >= 15 is 0 Å². The summed E-state index contributed by atoms with van der Waals surface area (Å²) in [5.41, 5.74) is 11.6. The number of aryl methyl sites for hydroxylation is 1. The van der Waals surface area contributed by atoms with Crippen molar-refractivity contribution >= 4 is 78.2 Å². The van der Waals surface area contributed by atoms with E-state index in [-0.39, 0.29) is 0 Å². The first-order chi connectivity index (χ1) is 29.2. The van der Waals surface area contributed by atoms with Crippen LogP contribution in [0.1, 0.15) is 5.56 Å². The number of benzene rings is 10. The zero-order valence-corrected chi connectivity index (χ0v) is 33.1. The summed E-state index contributed by atoms with van der Waals surface area (Å²) in [6.07, 6.45) is 0. The molecule has 1 unspecified atom stereocenters. The van der Waals surface area contributed by atoms with E-state index in [0.29, 0.717) is 0 Å². The van der Waals surface area contributed by atoms with E-state index in [9.17, 15) is 0 Å². The van der Waals surface area contributed by atoms with Gasteiger partial charge in [0, 0.05) is 42.8 Å². The van der Waals surface area contributed by atoms with Crippen molar-refractivity contribution in [3.8, 4) is 56.4 Å². The zero-order valence-electron chi connectivity index (χ0n) is 32.1. The molecule has 1 atom stereocenters. The van der Waals surface area contributed by atoms with Crippen LogP contribution in [0.25, 0.3) is 65.7 Å². The second-order valence-electron chi connectivity index (χ2n) is 16.3. The Bertz CT molecular complexity index is 3490. The van der Waals surface area contributed by atoms with Gasteiger partial charge in [0.2, 0.25) is 8.07 Å². The molecule has 0 spiro atoms. The fourth-order valence-electron chi connectivity index (χ4n) is 11.2. The molecule has 4 aliphatic heterocycles. The first-order valence-corrected chi connectivity index (χ1v) is 22.4. The molecule has 274 valence electrons. The molecule has 0 aromatic heterocycles. The second kappa shape index (κ2) is 11.2. The summed E-state index contributed by atoms with van der Waals surface area (Å²) in [4.78, 5) is 2.59. The Morgan fingerprint density at radius 2 is 1.05 bits per heavy atom. The van der Waals surface area contributed by atoms with E-state index in [1.54, 1.807) is 0 Å². The van der Waals surface area contributed by atoms with Crippen molar-refractivity contribution in [3.63, 3.8) is 0 Å². The summed E-state index contributed by atoms with van der Waals surface area (Å²) in [7, 11) is -3.28. The fraction of sp³-hybridized carbons (Fsp3) is 0.0182. The average molecular weight is 768 g/mol. The quantitative estimate of drug-likeness (QED) is 0.131. The molecular weight excluding hydrogens is 735 g/mol. The van der Waals surface area contributed by atoms with Crippen LogP contribution in [0.15, 0.2) is 182 Å². The molecule has 4 heteroatoms. The summed E-state index contributed by atoms with van der Waals surface area (Å²) >= 11 is 0. The molecule has 10 aromatic carbocycles. The Morgan fingerprint density at radius 1 is 0.441 bits per heavy atom. The predicted molar refractivity (Wildman–Crippen MR) is 246 cm³/mol. The highest BCUT2D eigenvalue weighted by Crippen LogP contribution is 2.60. The van der Waals surface area contributed by atoms with E-state index in [1.807, 2.05) is 0 Å². The van der Waals surface area contributed by atoms with Crippen molar-refractivity contribution in [1.29, 1.82) is 0 Å². The minimum atomic E-state index is -3.28. The van der Waals surface area contributed by atoms with Gasteiger partial charge in [0.15, 0.2) is 0 Å². The first kappa shape index (κ1) is 31.7. The molecule has 0 bridgehead atoms. The number of hydrogen-bond donors (Lipinski definition) is 0. The van der Waals surface area contributed by atoms with Crippen molar-refractivity contribution in [3.05, 3.63) is 188 Å². The molecule has 0 amide bonds. The normalized spacial score (nSPS) is 15.8. The van der Waals surface area contributed by atoms with Gasteiger partial charge in [-0.3, -0.25) is 0 Å². The molecule has 0 radical (unpaired) electrons. The van der Waals surface area contributed by atoms with Crippen LogP contribution >= 0.6 is 0 Å². The van der Waals surface area contributed by atoms with Crippen LogP contribution in [0.4, 0.5) is 17.1 Å². The lowest BCUT2D eigenvalue weighted by molar-refractivity contribution is 0.466. The summed E-state index contributed by atoms with van der Waals surface area (Å²) in [6.45, 7) is 2.24. The second-order valence-corrected chi connectivity index (χ2v) is 19.9. The highest BCUT2D eigenvalue weighted by atomic mass is 28.3. The fourth-order valence-corrected chi connectivity index (χ4v) is 16.7. The third kappa shape index (κ3) is 3.83. The maximum Gasteiger partial charge on any atom is 0.202 e. The highest BCUT2D eigenvalue weighted by molar-refractivity contribution is 7.23. The summed E-state index contributed by atoms with van der Waals surface area (Å²) in [5, 5.41) is 12.8. The van der Waals surface area contributed by atoms with Gasteiger partial charge in [-0.15, -0.1) is 0 Å². The van der Waals surface area contributed by atoms with Crippen LogP contribution in [0, 0.1) is 6.92 Å². The van der Waals surface area contributed by atoms with Gasteiger partial charge in [-0.2, -0.15) is 0 Å². The monoisotopic (exact) mass is 767 g/mol. The van der Waals surface area contributed by atoms with Gasteiger partial charge in [-0.25, -0.2) is 0 Å². The standard InChI is InChI=1S/C55H33NO2Si/c1-32-22-28-42-48-39(32)25-23-36-24-26-41-46(35-18-10-4-11-19-35)52-55-50(49(41)47(36)48)56(42)43-29-27-40(34-16-8-3-9-17-34)51-53(43)59(55,38-20-12-5-13-21-38)54-44(57-51)30-37(31-45(54)58-52)33-14-6-2-7-15-33/h2-31H,1H3.